The molecule has 2 amide bonds. The Hall–Kier alpha value is -2.16. The molecule has 3 N–H and O–H groups in total. The van der Waals surface area contributed by atoms with E-state index in [4.69, 9.17) is 0 Å². The molecule has 0 saturated carbocycles. The molecule has 2 fully saturated rings. The Morgan fingerprint density at radius 2 is 1.88 bits per heavy atom. The van der Waals surface area contributed by atoms with Crippen LogP contribution in [0, 0.1) is 5.92 Å². The molecule has 2 saturated heterocycles. The van der Waals surface area contributed by atoms with Crippen molar-refractivity contribution in [2.75, 3.05) is 6.54 Å². The maximum absolute atomic E-state index is 12.9. The zero-order chi connectivity index (χ0) is 19.4. The van der Waals surface area contributed by atoms with E-state index in [-0.39, 0.29) is 25.2 Å². The van der Waals surface area contributed by atoms with Gasteiger partial charge in [-0.1, -0.05) is 13.8 Å². The largest absolute Gasteiger partial charge is 0.480 e. The maximum atomic E-state index is 12.9. The smallest absolute Gasteiger partial charge is 0.328 e. The molecule has 0 aromatic heterocycles. The van der Waals surface area contributed by atoms with Gasteiger partial charge >= 0.3 is 11.9 Å². The van der Waals surface area contributed by atoms with E-state index in [0.717, 1.165) is 5.01 Å². The lowest BCUT2D eigenvalue weighted by atomic mass is 10.0. The van der Waals surface area contributed by atoms with Gasteiger partial charge in [-0.2, -0.15) is 0 Å². The molecule has 0 aliphatic carbocycles. The van der Waals surface area contributed by atoms with E-state index in [0.29, 0.717) is 31.7 Å². The Bertz CT molecular complexity index is 579. The molecule has 2 heterocycles. The molecule has 3 atom stereocenters. The van der Waals surface area contributed by atoms with Crippen LogP contribution in [0.2, 0.25) is 0 Å². The Morgan fingerprint density at radius 3 is 2.46 bits per heavy atom. The topological polar surface area (TPSA) is 127 Å². The Labute approximate surface area is 152 Å². The van der Waals surface area contributed by atoms with E-state index < -0.39 is 36.0 Å². The van der Waals surface area contributed by atoms with Gasteiger partial charge in [-0.15, -0.1) is 0 Å². The van der Waals surface area contributed by atoms with E-state index in [9.17, 15) is 29.4 Å². The quantitative estimate of drug-likeness (QED) is 0.594. The summed E-state index contributed by atoms with van der Waals surface area (Å²) in [6.45, 7) is 4.27. The Morgan fingerprint density at radius 1 is 1.19 bits per heavy atom. The van der Waals surface area contributed by atoms with Crippen LogP contribution in [0.4, 0.5) is 0 Å². The molecular weight excluding hydrogens is 342 g/mol. The van der Waals surface area contributed by atoms with E-state index in [1.165, 1.54) is 5.01 Å². The predicted octanol–water partition coefficient (Wildman–Crippen LogP) is 0.447. The van der Waals surface area contributed by atoms with E-state index in [2.05, 4.69) is 5.32 Å². The van der Waals surface area contributed by atoms with Crippen molar-refractivity contribution in [2.45, 2.75) is 70.5 Å². The average molecular weight is 369 g/mol. The molecule has 0 aromatic rings. The summed E-state index contributed by atoms with van der Waals surface area (Å²) in [5.74, 6) is -2.74. The van der Waals surface area contributed by atoms with Gasteiger partial charge in [0.25, 0.3) is 5.91 Å². The van der Waals surface area contributed by atoms with Crippen LogP contribution in [-0.4, -0.2) is 68.7 Å². The van der Waals surface area contributed by atoms with Gasteiger partial charge in [0.2, 0.25) is 5.91 Å². The lowest BCUT2D eigenvalue weighted by Gasteiger charge is -2.42. The third kappa shape index (κ3) is 4.51. The predicted molar refractivity (Wildman–Crippen MR) is 90.9 cm³/mol. The summed E-state index contributed by atoms with van der Waals surface area (Å²) in [7, 11) is 0. The molecule has 2 aliphatic rings. The fourth-order valence-corrected chi connectivity index (χ4v) is 3.43. The molecule has 146 valence electrons. The van der Waals surface area contributed by atoms with Gasteiger partial charge in [-0.05, 0) is 38.0 Å². The maximum Gasteiger partial charge on any atom is 0.328 e. The highest BCUT2D eigenvalue weighted by molar-refractivity contribution is 5.92. The van der Waals surface area contributed by atoms with Gasteiger partial charge in [-0.25, -0.2) is 9.80 Å². The molecule has 0 radical (unpaired) electrons. The number of fused-ring (bicyclic) bond motifs is 1. The first kappa shape index (κ1) is 20.2. The number of amides is 2. The molecule has 2 rings (SSSR count). The van der Waals surface area contributed by atoms with Crippen LogP contribution < -0.4 is 5.32 Å². The van der Waals surface area contributed by atoms with E-state index >= 15 is 0 Å². The molecule has 0 spiro atoms. The first-order valence-corrected chi connectivity index (χ1v) is 9.07. The minimum atomic E-state index is -1.16. The molecule has 9 heteroatoms. The minimum Gasteiger partial charge on any atom is -0.480 e. The van der Waals surface area contributed by atoms with Crippen LogP contribution in [0.1, 0.15) is 52.4 Å². The second-order valence-electron chi connectivity index (χ2n) is 7.32. The monoisotopic (exact) mass is 369 g/mol. The van der Waals surface area contributed by atoms with Crippen LogP contribution in [0.5, 0.6) is 0 Å². The first-order valence-electron chi connectivity index (χ1n) is 9.07. The lowest BCUT2D eigenvalue weighted by Crippen LogP contribution is -2.62. The highest BCUT2D eigenvalue weighted by Gasteiger charge is 2.44. The number of nitrogens with one attached hydrogen (secondary N) is 1. The molecule has 0 bridgehead atoms. The van der Waals surface area contributed by atoms with Crippen molar-refractivity contribution in [1.82, 2.24) is 15.3 Å². The summed E-state index contributed by atoms with van der Waals surface area (Å²) in [5.41, 5.74) is 0. The summed E-state index contributed by atoms with van der Waals surface area (Å²) in [6, 6.07) is -2.90. The van der Waals surface area contributed by atoms with Crippen molar-refractivity contribution < 1.29 is 29.4 Å². The van der Waals surface area contributed by atoms with Crippen LogP contribution in [0.25, 0.3) is 0 Å². The highest BCUT2D eigenvalue weighted by Crippen LogP contribution is 2.25. The first-order chi connectivity index (χ1) is 12.2. The van der Waals surface area contributed by atoms with Crippen LogP contribution in [-0.2, 0) is 19.2 Å². The van der Waals surface area contributed by atoms with Gasteiger partial charge in [0.1, 0.15) is 6.04 Å². The SMILES string of the molecule is CC(C)CCC(NC1CCC(=O)N2CCCC(C(=O)O)N2C1=O)C(=O)O. The summed E-state index contributed by atoms with van der Waals surface area (Å²) in [5, 5.41) is 24.0. The number of rotatable bonds is 7. The van der Waals surface area contributed by atoms with Gasteiger partial charge in [-0.3, -0.25) is 24.7 Å². The van der Waals surface area contributed by atoms with Crippen molar-refractivity contribution in [3.63, 3.8) is 0 Å². The number of carbonyl (C=O) groups excluding carboxylic acids is 2. The summed E-state index contributed by atoms with van der Waals surface area (Å²) in [4.78, 5) is 48.4. The van der Waals surface area contributed by atoms with Gasteiger partial charge in [0.05, 0.1) is 6.04 Å². The fourth-order valence-electron chi connectivity index (χ4n) is 3.43. The number of carbonyl (C=O) groups is 4. The lowest BCUT2D eigenvalue weighted by molar-refractivity contribution is -0.181. The van der Waals surface area contributed by atoms with Crippen molar-refractivity contribution in [3.8, 4) is 0 Å². The normalized spacial score (nSPS) is 25.0. The molecule has 3 unspecified atom stereocenters. The summed E-state index contributed by atoms with van der Waals surface area (Å²) >= 11 is 0. The number of hydrazine groups is 1. The zero-order valence-corrected chi connectivity index (χ0v) is 15.2. The standard InChI is InChI=1S/C17H27N3O6/c1-10(2)5-6-12(16(23)24)18-11-7-8-14(21)19-9-3-4-13(17(25)26)20(19)15(11)22/h10-13,18H,3-9H2,1-2H3,(H,23,24)(H,25,26). The van der Waals surface area contributed by atoms with E-state index in [1.807, 2.05) is 13.8 Å². The van der Waals surface area contributed by atoms with Gasteiger partial charge < -0.3 is 10.2 Å². The Balaban J connectivity index is 2.20. The average Bonchev–Trinajstić information content (AvgIpc) is 2.69. The molecule has 9 nitrogen and oxygen atoms in total. The second-order valence-corrected chi connectivity index (χ2v) is 7.32. The number of nitrogens with zero attached hydrogens (tertiary/aromatic N) is 2. The van der Waals surface area contributed by atoms with Gasteiger partial charge in [0.15, 0.2) is 6.04 Å². The summed E-state index contributed by atoms with van der Waals surface area (Å²) in [6.07, 6.45) is 2.05. The zero-order valence-electron chi connectivity index (χ0n) is 15.2. The third-order valence-electron chi connectivity index (χ3n) is 4.88. The summed E-state index contributed by atoms with van der Waals surface area (Å²) < 4.78 is 0. The molecule has 0 aromatic carbocycles. The van der Waals surface area contributed by atoms with Crippen LogP contribution >= 0.6 is 0 Å². The molecule has 2 aliphatic heterocycles. The number of carboxylic acid groups (broad SMARTS) is 2. The second kappa shape index (κ2) is 8.48. The Kier molecular flexibility index (Phi) is 6.57. The third-order valence-corrected chi connectivity index (χ3v) is 4.88. The van der Waals surface area contributed by atoms with Crippen molar-refractivity contribution in [1.29, 1.82) is 0 Å². The van der Waals surface area contributed by atoms with Gasteiger partial charge in [0, 0.05) is 13.0 Å². The minimum absolute atomic E-state index is 0.0722. The van der Waals surface area contributed by atoms with E-state index in [1.54, 1.807) is 0 Å². The van der Waals surface area contributed by atoms with Crippen LogP contribution in [0.15, 0.2) is 0 Å². The number of hydrogen-bond donors (Lipinski definition) is 3. The molecular formula is C17H27N3O6. The van der Waals surface area contributed by atoms with Crippen LogP contribution in [0.3, 0.4) is 0 Å². The van der Waals surface area contributed by atoms with Crippen molar-refractivity contribution in [3.05, 3.63) is 0 Å². The van der Waals surface area contributed by atoms with Crippen molar-refractivity contribution in [2.24, 2.45) is 5.92 Å². The van der Waals surface area contributed by atoms with Crippen molar-refractivity contribution >= 4 is 23.8 Å². The number of hydrogen-bond acceptors (Lipinski definition) is 5. The molecule has 26 heavy (non-hydrogen) atoms. The fraction of sp³-hybridized carbons (Fsp3) is 0.765. The highest BCUT2D eigenvalue weighted by atomic mass is 16.4. The number of carboxylic acids is 2. The number of aliphatic carboxylic acids is 2.